The van der Waals surface area contributed by atoms with Crippen molar-refractivity contribution in [1.29, 1.82) is 0 Å². The Morgan fingerprint density at radius 2 is 0.583 bits per heavy atom. The van der Waals surface area contributed by atoms with Gasteiger partial charge in [-0.15, -0.1) is 0 Å². The van der Waals surface area contributed by atoms with Crippen molar-refractivity contribution in [3.8, 4) is 59.1 Å². The fraction of sp³-hybridized carbons (Fsp3) is 0.455. The Balaban J connectivity index is -0.000000301. The van der Waals surface area contributed by atoms with Crippen molar-refractivity contribution in [2.45, 2.75) is 68.2 Å². The van der Waals surface area contributed by atoms with Gasteiger partial charge in [-0.1, -0.05) is 26.7 Å². The standard InChI is InChI=1S/C4H10.6C3H3.2Sn/c1-3-4-2;6*1-3-2;;/h3-4H2,1-2H3;6*1H3;;. The third kappa shape index (κ3) is 25.9. The van der Waals surface area contributed by atoms with Gasteiger partial charge in [0.05, 0.1) is 0 Å². The van der Waals surface area contributed by atoms with E-state index in [1.807, 2.05) is 41.5 Å². The Labute approximate surface area is 165 Å². The average Bonchev–Trinajstić information content (AvgIpc) is 2.57. The van der Waals surface area contributed by atoms with Crippen LogP contribution in [0, 0.1) is 59.1 Å². The molecule has 0 rings (SSSR count). The molecule has 2 radical (unpaired) electrons. The Hall–Kier alpha value is -1.04. The minimum atomic E-state index is -1.84. The van der Waals surface area contributed by atoms with Gasteiger partial charge in [0.2, 0.25) is 0 Å². The smallest absolute Gasteiger partial charge is 0.0564 e. The summed E-state index contributed by atoms with van der Waals surface area (Å²) in [4.78, 5) is 0. The number of hydrogen-bond acceptors (Lipinski definition) is 0. The molecule has 0 amide bonds. The molecule has 0 saturated heterocycles. The molecule has 0 unspecified atom stereocenters. The van der Waals surface area contributed by atoms with E-state index in [2.05, 4.69) is 73.0 Å². The molecule has 124 valence electrons. The summed E-state index contributed by atoms with van der Waals surface area (Å²) in [6, 6.07) is 0. The van der Waals surface area contributed by atoms with Gasteiger partial charge in [-0.3, -0.25) is 0 Å². The van der Waals surface area contributed by atoms with E-state index in [-0.39, 0.29) is 0 Å². The van der Waals surface area contributed by atoms with Crippen LogP contribution >= 0.6 is 0 Å². The molecule has 24 heavy (non-hydrogen) atoms. The summed E-state index contributed by atoms with van der Waals surface area (Å²) in [5.41, 5.74) is 0. The van der Waals surface area contributed by atoms with Crippen molar-refractivity contribution < 1.29 is 0 Å². The normalized spacial score (nSPS) is 6.25. The molecule has 0 atom stereocenters. The van der Waals surface area contributed by atoms with Crippen LogP contribution in [0.3, 0.4) is 0 Å². The van der Waals surface area contributed by atoms with Gasteiger partial charge in [0.1, 0.15) is 0 Å². The topological polar surface area (TPSA) is 0 Å². The van der Waals surface area contributed by atoms with Gasteiger partial charge in [0.15, 0.2) is 0 Å². The molecule has 0 nitrogen and oxygen atoms in total. The number of hydrogen-bond donors (Lipinski definition) is 0. The van der Waals surface area contributed by atoms with Crippen LogP contribution in [-0.4, -0.2) is 39.5 Å². The number of unbranched alkanes of at least 4 members (excludes halogenated alkanes) is 1. The summed E-state index contributed by atoms with van der Waals surface area (Å²) >= 11 is -3.68. The van der Waals surface area contributed by atoms with Crippen molar-refractivity contribution in [3.05, 3.63) is 0 Å². The predicted molar refractivity (Wildman–Crippen MR) is 113 cm³/mol. The SMILES string of the molecule is CC#[C][Sn]([C]#CC)[C]#CC.CC#[C][Sn]([C]#CC)[C]#CC.CCCC. The molecular weight excluding hydrogens is 502 g/mol. The zero-order valence-electron chi connectivity index (χ0n) is 16.4. The molecule has 0 saturated carbocycles. The van der Waals surface area contributed by atoms with Crippen molar-refractivity contribution in [1.82, 2.24) is 0 Å². The summed E-state index contributed by atoms with van der Waals surface area (Å²) in [5, 5.41) is 0. The third-order valence-corrected chi connectivity index (χ3v) is 10.6. The van der Waals surface area contributed by atoms with Gasteiger partial charge in [0, 0.05) is 0 Å². The van der Waals surface area contributed by atoms with E-state index in [0.29, 0.717) is 0 Å². The molecule has 0 aromatic rings. The fourth-order valence-corrected chi connectivity index (χ4v) is 6.29. The van der Waals surface area contributed by atoms with E-state index in [1.165, 1.54) is 12.8 Å². The first kappa shape index (κ1) is 27.8. The molecule has 0 N–H and O–H groups in total. The zero-order valence-corrected chi connectivity index (χ0v) is 22.1. The summed E-state index contributed by atoms with van der Waals surface area (Å²) in [6.45, 7) is 15.4. The second-order valence-electron chi connectivity index (χ2n) is 4.00. The van der Waals surface area contributed by atoms with E-state index < -0.39 is 39.5 Å². The second-order valence-corrected chi connectivity index (χ2v) is 12.6. The maximum atomic E-state index is 3.08. The summed E-state index contributed by atoms with van der Waals surface area (Å²) in [6.07, 6.45) is 2.64. The summed E-state index contributed by atoms with van der Waals surface area (Å²) < 4.78 is 18.5. The molecule has 0 aromatic carbocycles. The minimum Gasteiger partial charge on any atom is -0.0654 e. The molecule has 0 spiro atoms. The van der Waals surface area contributed by atoms with Gasteiger partial charge in [-0.2, -0.15) is 0 Å². The van der Waals surface area contributed by atoms with Crippen molar-refractivity contribution in [2.24, 2.45) is 0 Å². The molecule has 0 aromatic heterocycles. The minimum absolute atomic E-state index is 1.32. The van der Waals surface area contributed by atoms with Gasteiger partial charge in [-0.05, 0) is 0 Å². The van der Waals surface area contributed by atoms with Crippen molar-refractivity contribution in [3.63, 3.8) is 0 Å². The molecular formula is C22H28Sn2. The second kappa shape index (κ2) is 26.8. The maximum Gasteiger partial charge on any atom is -0.0564 e. The van der Waals surface area contributed by atoms with Crippen LogP contribution in [0.4, 0.5) is 0 Å². The van der Waals surface area contributed by atoms with E-state index >= 15 is 0 Å². The fourth-order valence-electron chi connectivity index (χ4n) is 0.938. The molecule has 0 heterocycles. The Kier molecular flexibility index (Phi) is 31.1. The molecule has 0 bridgehead atoms. The van der Waals surface area contributed by atoms with E-state index in [1.54, 1.807) is 0 Å². The largest absolute Gasteiger partial charge is 0.0654 e. The predicted octanol–water partition coefficient (Wildman–Crippen LogP) is 4.14. The maximum absolute atomic E-state index is 3.08. The molecule has 0 fully saturated rings. The van der Waals surface area contributed by atoms with Crippen LogP contribution in [0.15, 0.2) is 0 Å². The van der Waals surface area contributed by atoms with Crippen LogP contribution in [0.25, 0.3) is 0 Å². The van der Waals surface area contributed by atoms with Crippen LogP contribution in [0.1, 0.15) is 68.2 Å². The molecule has 0 aliphatic heterocycles. The zero-order chi connectivity index (χ0) is 19.1. The first-order chi connectivity index (χ1) is 11.6. The third-order valence-electron chi connectivity index (χ3n) is 2.00. The number of rotatable bonds is 1. The summed E-state index contributed by atoms with van der Waals surface area (Å²) in [5.74, 6) is 17.2. The molecule has 2 heteroatoms. The quantitative estimate of drug-likeness (QED) is 0.354. The molecule has 0 aliphatic carbocycles. The average molecular weight is 530 g/mol. The van der Waals surface area contributed by atoms with Crippen LogP contribution in [0.5, 0.6) is 0 Å². The Bertz CT molecular complexity index is 506. The van der Waals surface area contributed by atoms with Crippen LogP contribution in [0.2, 0.25) is 0 Å². The monoisotopic (exact) mass is 532 g/mol. The van der Waals surface area contributed by atoms with Gasteiger partial charge in [0.25, 0.3) is 0 Å². The summed E-state index contributed by atoms with van der Waals surface area (Å²) in [7, 11) is 0. The van der Waals surface area contributed by atoms with Gasteiger partial charge >= 0.3 is 140 Å². The van der Waals surface area contributed by atoms with Crippen LogP contribution in [-0.2, 0) is 0 Å². The first-order valence-electron chi connectivity index (χ1n) is 7.91. The first-order valence-corrected chi connectivity index (χ1v) is 16.5. The van der Waals surface area contributed by atoms with Crippen molar-refractivity contribution in [2.75, 3.05) is 0 Å². The van der Waals surface area contributed by atoms with E-state index in [4.69, 9.17) is 0 Å². The molecule has 0 aliphatic rings. The van der Waals surface area contributed by atoms with E-state index in [9.17, 15) is 0 Å². The van der Waals surface area contributed by atoms with Gasteiger partial charge < -0.3 is 0 Å². The van der Waals surface area contributed by atoms with Crippen LogP contribution < -0.4 is 0 Å². The Morgan fingerprint density at radius 3 is 0.667 bits per heavy atom. The van der Waals surface area contributed by atoms with Crippen molar-refractivity contribution >= 4 is 39.5 Å². The van der Waals surface area contributed by atoms with E-state index in [0.717, 1.165) is 0 Å². The Morgan fingerprint density at radius 1 is 0.417 bits per heavy atom. The van der Waals surface area contributed by atoms with Gasteiger partial charge in [-0.25, -0.2) is 0 Å².